The zero-order valence-electron chi connectivity index (χ0n) is 13.3. The predicted octanol–water partition coefficient (Wildman–Crippen LogP) is 3.23. The lowest BCUT2D eigenvalue weighted by molar-refractivity contribution is 0.911. The molecule has 4 heteroatoms. The first-order valence-electron chi connectivity index (χ1n) is 7.63. The maximum Gasteiger partial charge on any atom is 0.102 e. The molecule has 0 radical (unpaired) electrons. The van der Waals surface area contributed by atoms with E-state index in [-0.39, 0.29) is 0 Å². The highest BCUT2D eigenvalue weighted by Gasteiger charge is 2.26. The Balaban J connectivity index is 2.28. The smallest absolute Gasteiger partial charge is 0.102 e. The second-order valence-electron chi connectivity index (χ2n) is 6.01. The number of anilines is 2. The Bertz CT molecular complexity index is 845. The maximum absolute atomic E-state index is 9.61. The number of hydrogen-bond donors (Lipinski definition) is 1. The lowest BCUT2D eigenvalue weighted by Gasteiger charge is -2.17. The summed E-state index contributed by atoms with van der Waals surface area (Å²) in [5.41, 5.74) is 12.5. The number of fused-ring (bicyclic) bond motifs is 1. The molecule has 1 aliphatic carbocycles. The van der Waals surface area contributed by atoms with E-state index in [0.29, 0.717) is 16.8 Å². The molecule has 0 heterocycles. The van der Waals surface area contributed by atoms with Gasteiger partial charge in [-0.15, -0.1) is 0 Å². The zero-order valence-corrected chi connectivity index (χ0v) is 13.3. The number of benzene rings is 2. The fourth-order valence-electron chi connectivity index (χ4n) is 3.36. The number of nitriles is 2. The molecule has 23 heavy (non-hydrogen) atoms. The number of nitrogen functional groups attached to an aromatic ring is 1. The summed E-state index contributed by atoms with van der Waals surface area (Å²) in [6.07, 6.45) is 2.75. The molecule has 4 nitrogen and oxygen atoms in total. The molecule has 0 atom stereocenters. The first-order chi connectivity index (χ1) is 11.1. The number of rotatable bonds is 2. The van der Waals surface area contributed by atoms with Gasteiger partial charge in [0.1, 0.15) is 12.1 Å². The van der Waals surface area contributed by atoms with E-state index in [0.717, 1.165) is 47.2 Å². The fourth-order valence-corrected chi connectivity index (χ4v) is 3.36. The van der Waals surface area contributed by atoms with Crippen LogP contribution in [0.5, 0.6) is 0 Å². The summed E-state index contributed by atoms with van der Waals surface area (Å²) >= 11 is 0. The molecule has 0 bridgehead atoms. The fraction of sp³-hybridized carbons (Fsp3) is 0.263. The third-order valence-electron chi connectivity index (χ3n) is 4.51. The van der Waals surface area contributed by atoms with Crippen molar-refractivity contribution in [2.45, 2.75) is 19.3 Å². The SMILES string of the molecule is CN(C)c1ccc(-c2c(C#N)c(N)c(C#N)c3c2CCC3)cc1. The maximum atomic E-state index is 9.61. The van der Waals surface area contributed by atoms with Crippen LogP contribution >= 0.6 is 0 Å². The van der Waals surface area contributed by atoms with E-state index in [2.05, 4.69) is 12.1 Å². The van der Waals surface area contributed by atoms with Gasteiger partial charge in [0.2, 0.25) is 0 Å². The molecule has 2 aromatic rings. The van der Waals surface area contributed by atoms with E-state index in [1.807, 2.05) is 43.3 Å². The zero-order chi connectivity index (χ0) is 16.6. The summed E-state index contributed by atoms with van der Waals surface area (Å²) in [5.74, 6) is 0. The Kier molecular flexibility index (Phi) is 3.68. The molecule has 0 aromatic heterocycles. The first-order valence-corrected chi connectivity index (χ1v) is 7.63. The van der Waals surface area contributed by atoms with Crippen LogP contribution in [0.1, 0.15) is 28.7 Å². The molecule has 2 aromatic carbocycles. The van der Waals surface area contributed by atoms with Crippen LogP contribution in [0.25, 0.3) is 11.1 Å². The van der Waals surface area contributed by atoms with Gasteiger partial charge < -0.3 is 10.6 Å². The minimum absolute atomic E-state index is 0.322. The van der Waals surface area contributed by atoms with E-state index < -0.39 is 0 Å². The minimum atomic E-state index is 0.322. The normalized spacial score (nSPS) is 12.3. The van der Waals surface area contributed by atoms with Gasteiger partial charge in [0.05, 0.1) is 16.8 Å². The van der Waals surface area contributed by atoms with Crippen LogP contribution in [0.15, 0.2) is 24.3 Å². The summed E-state index contributed by atoms with van der Waals surface area (Å²) in [6, 6.07) is 12.5. The van der Waals surface area contributed by atoms with Crippen molar-refractivity contribution in [3.05, 3.63) is 46.5 Å². The molecule has 0 saturated heterocycles. The first kappa shape index (κ1) is 14.9. The highest BCUT2D eigenvalue weighted by Crippen LogP contribution is 2.41. The van der Waals surface area contributed by atoms with Crippen molar-refractivity contribution in [3.63, 3.8) is 0 Å². The molecule has 0 aliphatic heterocycles. The topological polar surface area (TPSA) is 76.8 Å². The Hall–Kier alpha value is -2.98. The summed E-state index contributed by atoms with van der Waals surface area (Å²) < 4.78 is 0. The Morgan fingerprint density at radius 2 is 1.57 bits per heavy atom. The van der Waals surface area contributed by atoms with Gasteiger partial charge in [-0.1, -0.05) is 12.1 Å². The van der Waals surface area contributed by atoms with Gasteiger partial charge in [0.15, 0.2) is 0 Å². The van der Waals surface area contributed by atoms with Crippen molar-refractivity contribution >= 4 is 11.4 Å². The van der Waals surface area contributed by atoms with Crippen molar-refractivity contribution in [2.75, 3.05) is 24.7 Å². The van der Waals surface area contributed by atoms with Crippen LogP contribution in [0.2, 0.25) is 0 Å². The van der Waals surface area contributed by atoms with Gasteiger partial charge in [-0.25, -0.2) is 0 Å². The highest BCUT2D eigenvalue weighted by molar-refractivity contribution is 5.85. The second kappa shape index (κ2) is 5.66. The average Bonchev–Trinajstić information content (AvgIpc) is 3.02. The summed E-state index contributed by atoms with van der Waals surface area (Å²) in [6.45, 7) is 0. The monoisotopic (exact) mass is 302 g/mol. The molecule has 0 amide bonds. The van der Waals surface area contributed by atoms with Gasteiger partial charge >= 0.3 is 0 Å². The van der Waals surface area contributed by atoms with E-state index >= 15 is 0 Å². The minimum Gasteiger partial charge on any atom is -0.397 e. The lowest BCUT2D eigenvalue weighted by Crippen LogP contribution is -2.08. The number of hydrogen-bond acceptors (Lipinski definition) is 4. The van der Waals surface area contributed by atoms with Crippen molar-refractivity contribution in [2.24, 2.45) is 0 Å². The van der Waals surface area contributed by atoms with Gasteiger partial charge in [-0.05, 0) is 48.1 Å². The van der Waals surface area contributed by atoms with Gasteiger partial charge in [0.25, 0.3) is 0 Å². The molecule has 0 saturated carbocycles. The molecular weight excluding hydrogens is 284 g/mol. The molecule has 1 aliphatic rings. The van der Waals surface area contributed by atoms with Crippen LogP contribution < -0.4 is 10.6 Å². The summed E-state index contributed by atoms with van der Waals surface area (Å²) in [5, 5.41) is 19.0. The van der Waals surface area contributed by atoms with Crippen LogP contribution in [0.3, 0.4) is 0 Å². The van der Waals surface area contributed by atoms with E-state index in [1.165, 1.54) is 0 Å². The molecule has 3 rings (SSSR count). The van der Waals surface area contributed by atoms with Crippen molar-refractivity contribution in [1.29, 1.82) is 10.5 Å². The molecule has 0 spiro atoms. The Morgan fingerprint density at radius 1 is 0.957 bits per heavy atom. The van der Waals surface area contributed by atoms with Crippen LogP contribution in [0, 0.1) is 22.7 Å². The van der Waals surface area contributed by atoms with Gasteiger partial charge in [-0.3, -0.25) is 0 Å². The average molecular weight is 302 g/mol. The number of nitrogens with zero attached hydrogens (tertiary/aromatic N) is 3. The standard InChI is InChI=1S/C19H18N4/c1-23(2)13-8-6-12(7-9-13)18-15-5-3-4-14(15)16(10-20)19(22)17(18)11-21/h6-9H,3-5,22H2,1-2H3. The van der Waals surface area contributed by atoms with Gasteiger partial charge in [-0.2, -0.15) is 10.5 Å². The van der Waals surface area contributed by atoms with E-state index in [1.54, 1.807) is 0 Å². The van der Waals surface area contributed by atoms with E-state index in [9.17, 15) is 10.5 Å². The molecule has 0 unspecified atom stereocenters. The van der Waals surface area contributed by atoms with Gasteiger partial charge in [0, 0.05) is 25.3 Å². The predicted molar refractivity (Wildman–Crippen MR) is 92.1 cm³/mol. The molecule has 0 fully saturated rings. The van der Waals surface area contributed by atoms with Crippen molar-refractivity contribution in [1.82, 2.24) is 0 Å². The largest absolute Gasteiger partial charge is 0.397 e. The summed E-state index contributed by atoms with van der Waals surface area (Å²) in [4.78, 5) is 2.03. The quantitative estimate of drug-likeness (QED) is 0.864. The Morgan fingerprint density at radius 3 is 2.13 bits per heavy atom. The Labute approximate surface area is 136 Å². The third-order valence-corrected chi connectivity index (χ3v) is 4.51. The lowest BCUT2D eigenvalue weighted by atomic mass is 9.88. The van der Waals surface area contributed by atoms with Crippen molar-refractivity contribution in [3.8, 4) is 23.3 Å². The van der Waals surface area contributed by atoms with Crippen LogP contribution in [-0.2, 0) is 12.8 Å². The van der Waals surface area contributed by atoms with Crippen molar-refractivity contribution < 1.29 is 0 Å². The third kappa shape index (κ3) is 2.29. The highest BCUT2D eigenvalue weighted by atomic mass is 15.1. The second-order valence-corrected chi connectivity index (χ2v) is 6.01. The summed E-state index contributed by atoms with van der Waals surface area (Å²) in [7, 11) is 3.99. The van der Waals surface area contributed by atoms with E-state index in [4.69, 9.17) is 5.73 Å². The van der Waals surface area contributed by atoms with Crippen LogP contribution in [-0.4, -0.2) is 14.1 Å². The molecular formula is C19H18N4. The number of nitrogens with two attached hydrogens (primary N) is 1. The molecule has 2 N–H and O–H groups in total. The molecule has 114 valence electrons. The van der Waals surface area contributed by atoms with Crippen LogP contribution in [0.4, 0.5) is 11.4 Å².